The fraction of sp³-hybridized carbons (Fsp3) is 0.389. The van der Waals surface area contributed by atoms with Crippen LogP contribution < -0.4 is 5.32 Å². The van der Waals surface area contributed by atoms with Crippen molar-refractivity contribution in [1.29, 1.82) is 0 Å². The molecule has 0 spiro atoms. The first-order valence-corrected chi connectivity index (χ1v) is 7.77. The van der Waals surface area contributed by atoms with Gasteiger partial charge >= 0.3 is 5.97 Å². The molecule has 23 heavy (non-hydrogen) atoms. The topological polar surface area (TPSA) is 72.5 Å². The number of allylic oxidation sites excluding steroid dienone is 1. The lowest BCUT2D eigenvalue weighted by Crippen LogP contribution is -2.19. The molecular weight excluding hydrogens is 294 g/mol. The van der Waals surface area contributed by atoms with Crippen molar-refractivity contribution in [3.63, 3.8) is 0 Å². The molecule has 0 unspecified atom stereocenters. The first-order valence-electron chi connectivity index (χ1n) is 7.77. The number of rotatable bonds is 5. The molecule has 5 heteroatoms. The third-order valence-corrected chi connectivity index (χ3v) is 3.46. The van der Waals surface area contributed by atoms with Gasteiger partial charge in [0.2, 0.25) is 0 Å². The van der Waals surface area contributed by atoms with E-state index in [0.717, 1.165) is 0 Å². The number of esters is 1. The van der Waals surface area contributed by atoms with Crippen molar-refractivity contribution < 1.29 is 19.1 Å². The lowest BCUT2D eigenvalue weighted by molar-refractivity contribution is -0.123. The van der Waals surface area contributed by atoms with E-state index in [9.17, 15) is 14.4 Å². The molecule has 0 atom stereocenters. The van der Waals surface area contributed by atoms with Crippen LogP contribution in [0.15, 0.2) is 36.0 Å². The molecule has 0 saturated heterocycles. The fourth-order valence-electron chi connectivity index (χ4n) is 2.18. The highest BCUT2D eigenvalue weighted by Crippen LogP contribution is 2.17. The van der Waals surface area contributed by atoms with Gasteiger partial charge in [-0.1, -0.05) is 13.8 Å². The molecule has 1 N–H and O–H groups in total. The predicted octanol–water partition coefficient (Wildman–Crippen LogP) is 3.12. The van der Waals surface area contributed by atoms with Crippen molar-refractivity contribution in [2.45, 2.75) is 33.1 Å². The SMILES string of the molecule is CC(C)COC(=O)c1ccc(NC=C2C(=O)CCCC2=O)cc1. The third-order valence-electron chi connectivity index (χ3n) is 3.46. The van der Waals surface area contributed by atoms with Crippen LogP contribution >= 0.6 is 0 Å². The first kappa shape index (κ1) is 16.9. The number of ether oxygens (including phenoxy) is 1. The Balaban J connectivity index is 1.98. The summed E-state index contributed by atoms with van der Waals surface area (Å²) in [6.07, 6.45) is 2.91. The van der Waals surface area contributed by atoms with E-state index in [-0.39, 0.29) is 29.0 Å². The zero-order chi connectivity index (χ0) is 16.8. The van der Waals surface area contributed by atoms with Gasteiger partial charge in [-0.05, 0) is 36.6 Å². The molecule has 2 rings (SSSR count). The number of Topliss-reactive ketones (excluding diaryl/α,β-unsaturated/α-hetero) is 2. The molecule has 122 valence electrons. The Bertz CT molecular complexity index is 611. The van der Waals surface area contributed by atoms with E-state index in [4.69, 9.17) is 4.74 Å². The standard InChI is InChI=1S/C18H21NO4/c1-12(2)11-23-18(22)13-6-8-14(9-7-13)19-10-15-16(20)4-3-5-17(15)21/h6-10,12,19H,3-5,11H2,1-2H3. The number of nitrogens with one attached hydrogen (secondary N) is 1. The van der Waals surface area contributed by atoms with Gasteiger partial charge in [0.1, 0.15) is 0 Å². The summed E-state index contributed by atoms with van der Waals surface area (Å²) in [5, 5.41) is 2.94. The van der Waals surface area contributed by atoms with Crippen molar-refractivity contribution >= 4 is 23.2 Å². The summed E-state index contributed by atoms with van der Waals surface area (Å²) >= 11 is 0. The first-order chi connectivity index (χ1) is 11.0. The summed E-state index contributed by atoms with van der Waals surface area (Å²) in [5.41, 5.74) is 1.38. The smallest absolute Gasteiger partial charge is 0.338 e. The number of ketones is 2. The molecule has 1 aromatic rings. The van der Waals surface area contributed by atoms with Crippen LogP contribution in [0, 0.1) is 5.92 Å². The maximum atomic E-state index is 11.8. The zero-order valence-electron chi connectivity index (χ0n) is 13.4. The molecule has 5 nitrogen and oxygen atoms in total. The van der Waals surface area contributed by atoms with Crippen LogP contribution in [0.5, 0.6) is 0 Å². The Morgan fingerprint density at radius 1 is 1.17 bits per heavy atom. The number of anilines is 1. The largest absolute Gasteiger partial charge is 0.462 e. The molecule has 0 radical (unpaired) electrons. The van der Waals surface area contributed by atoms with E-state index in [1.807, 2.05) is 13.8 Å². The number of carbonyl (C=O) groups excluding carboxylic acids is 3. The van der Waals surface area contributed by atoms with Gasteiger partial charge in [0.15, 0.2) is 11.6 Å². The van der Waals surface area contributed by atoms with Crippen molar-refractivity contribution in [3.05, 3.63) is 41.6 Å². The van der Waals surface area contributed by atoms with Crippen molar-refractivity contribution in [2.24, 2.45) is 5.92 Å². The minimum atomic E-state index is -0.360. The summed E-state index contributed by atoms with van der Waals surface area (Å²) in [7, 11) is 0. The predicted molar refractivity (Wildman–Crippen MR) is 87.1 cm³/mol. The van der Waals surface area contributed by atoms with Gasteiger partial charge in [0.05, 0.1) is 17.7 Å². The van der Waals surface area contributed by atoms with Crippen LogP contribution in [0.25, 0.3) is 0 Å². The molecule has 0 heterocycles. The van der Waals surface area contributed by atoms with Crippen molar-refractivity contribution in [1.82, 2.24) is 0 Å². The number of hydrogen-bond donors (Lipinski definition) is 1. The molecular formula is C18H21NO4. The van der Waals surface area contributed by atoms with E-state index < -0.39 is 0 Å². The molecule has 0 bridgehead atoms. The quantitative estimate of drug-likeness (QED) is 0.513. The van der Waals surface area contributed by atoms with Crippen molar-refractivity contribution in [3.8, 4) is 0 Å². The average molecular weight is 315 g/mol. The second kappa shape index (κ2) is 7.72. The monoisotopic (exact) mass is 315 g/mol. The molecule has 1 saturated carbocycles. The molecule has 1 aromatic carbocycles. The van der Waals surface area contributed by atoms with Gasteiger partial charge in [-0.2, -0.15) is 0 Å². The molecule has 1 aliphatic carbocycles. The molecule has 0 aliphatic heterocycles. The summed E-state index contributed by atoms with van der Waals surface area (Å²) in [6, 6.07) is 6.71. The van der Waals surface area contributed by atoms with E-state index in [0.29, 0.717) is 37.1 Å². The van der Waals surface area contributed by atoms with Gasteiger partial charge in [0.25, 0.3) is 0 Å². The van der Waals surface area contributed by atoms with Crippen LogP contribution in [-0.2, 0) is 14.3 Å². The van der Waals surface area contributed by atoms with Crippen molar-refractivity contribution in [2.75, 3.05) is 11.9 Å². The zero-order valence-corrected chi connectivity index (χ0v) is 13.4. The Hall–Kier alpha value is -2.43. The van der Waals surface area contributed by atoms with E-state index in [2.05, 4.69) is 5.32 Å². The summed E-state index contributed by atoms with van der Waals surface area (Å²) in [5.74, 6) is -0.316. The van der Waals surface area contributed by atoms with Gasteiger partial charge in [-0.15, -0.1) is 0 Å². The maximum absolute atomic E-state index is 11.8. The van der Waals surface area contributed by atoms with Gasteiger partial charge in [-0.3, -0.25) is 9.59 Å². The van der Waals surface area contributed by atoms with Gasteiger partial charge < -0.3 is 10.1 Å². The summed E-state index contributed by atoms with van der Waals surface area (Å²) in [6.45, 7) is 4.33. The molecule has 1 aliphatic rings. The third kappa shape index (κ3) is 4.77. The minimum Gasteiger partial charge on any atom is -0.462 e. The Labute approximate surface area is 135 Å². The summed E-state index contributed by atoms with van der Waals surface area (Å²) < 4.78 is 5.15. The minimum absolute atomic E-state index is 0.123. The highest BCUT2D eigenvalue weighted by Gasteiger charge is 2.22. The molecule has 1 fully saturated rings. The van der Waals surface area contributed by atoms with Crippen LogP contribution in [0.4, 0.5) is 5.69 Å². The van der Waals surface area contributed by atoms with Crippen LogP contribution in [0.3, 0.4) is 0 Å². The van der Waals surface area contributed by atoms with Crippen LogP contribution in [0.1, 0.15) is 43.5 Å². The van der Waals surface area contributed by atoms with Crippen LogP contribution in [0.2, 0.25) is 0 Å². The summed E-state index contributed by atoms with van der Waals surface area (Å²) in [4.78, 5) is 35.2. The Morgan fingerprint density at radius 3 is 2.35 bits per heavy atom. The highest BCUT2D eigenvalue weighted by atomic mass is 16.5. The maximum Gasteiger partial charge on any atom is 0.338 e. The number of carbonyl (C=O) groups is 3. The second-order valence-corrected chi connectivity index (χ2v) is 5.97. The van der Waals surface area contributed by atoms with Crippen LogP contribution in [-0.4, -0.2) is 24.1 Å². The molecule has 0 amide bonds. The van der Waals surface area contributed by atoms with E-state index in [1.165, 1.54) is 6.20 Å². The van der Waals surface area contributed by atoms with Gasteiger partial charge in [-0.25, -0.2) is 4.79 Å². The fourth-order valence-corrected chi connectivity index (χ4v) is 2.18. The molecule has 0 aromatic heterocycles. The number of hydrogen-bond acceptors (Lipinski definition) is 5. The average Bonchev–Trinajstić information content (AvgIpc) is 2.52. The van der Waals surface area contributed by atoms with E-state index in [1.54, 1.807) is 24.3 Å². The van der Waals surface area contributed by atoms with E-state index >= 15 is 0 Å². The number of benzene rings is 1. The Morgan fingerprint density at radius 2 is 1.78 bits per heavy atom. The van der Waals surface area contributed by atoms with Gasteiger partial charge in [0, 0.05) is 24.7 Å². The second-order valence-electron chi connectivity index (χ2n) is 5.97. The normalized spacial score (nSPS) is 14.8. The Kier molecular flexibility index (Phi) is 5.68. The lowest BCUT2D eigenvalue weighted by Gasteiger charge is -2.12. The lowest BCUT2D eigenvalue weighted by atomic mass is 9.93. The highest BCUT2D eigenvalue weighted by molar-refractivity contribution is 6.21.